The minimum Gasteiger partial charge on any atom is -0.466 e. The van der Waals surface area contributed by atoms with Gasteiger partial charge in [-0.2, -0.15) is 0 Å². The van der Waals surface area contributed by atoms with E-state index in [0.717, 1.165) is 48.2 Å². The molecule has 2 aromatic rings. The van der Waals surface area contributed by atoms with Crippen molar-refractivity contribution in [2.75, 3.05) is 23.9 Å². The summed E-state index contributed by atoms with van der Waals surface area (Å²) >= 11 is 0. The summed E-state index contributed by atoms with van der Waals surface area (Å²) in [6.45, 7) is 4.00. The minimum absolute atomic E-state index is 0.0602. The van der Waals surface area contributed by atoms with Gasteiger partial charge in [0.2, 0.25) is 5.91 Å². The molecule has 0 saturated carbocycles. The Kier molecular flexibility index (Phi) is 8.96. The highest BCUT2D eigenvalue weighted by atomic mass is 16.5. The van der Waals surface area contributed by atoms with E-state index in [2.05, 4.69) is 5.32 Å². The number of benzene rings is 2. The van der Waals surface area contributed by atoms with E-state index < -0.39 is 6.04 Å². The molecule has 0 bridgehead atoms. The van der Waals surface area contributed by atoms with Crippen molar-refractivity contribution >= 4 is 34.9 Å². The van der Waals surface area contributed by atoms with Gasteiger partial charge in [-0.15, -0.1) is 0 Å². The number of carbonyl (C=O) groups is 3. The van der Waals surface area contributed by atoms with Crippen LogP contribution in [-0.2, 0) is 19.1 Å². The number of esters is 1. The summed E-state index contributed by atoms with van der Waals surface area (Å²) in [6, 6.07) is 14.8. The molecule has 2 amide bonds. The third-order valence-electron chi connectivity index (χ3n) is 5.79. The van der Waals surface area contributed by atoms with Crippen LogP contribution in [0.15, 0.2) is 53.5 Å². The zero-order valence-corrected chi connectivity index (χ0v) is 20.2. The first-order valence-corrected chi connectivity index (χ1v) is 11.9. The van der Waals surface area contributed by atoms with Gasteiger partial charge in [0, 0.05) is 36.7 Å². The maximum absolute atomic E-state index is 12.7. The molecule has 0 aliphatic carbocycles. The van der Waals surface area contributed by atoms with Gasteiger partial charge >= 0.3 is 5.97 Å². The van der Waals surface area contributed by atoms with Gasteiger partial charge in [0.1, 0.15) is 6.04 Å². The Hall–Kier alpha value is -3.48. The number of nitrogens with zero attached hydrogens (tertiary/aromatic N) is 2. The predicted octanol–water partition coefficient (Wildman–Crippen LogP) is 4.73. The van der Waals surface area contributed by atoms with Crippen molar-refractivity contribution in [3.05, 3.63) is 59.7 Å². The zero-order chi connectivity index (χ0) is 24.5. The second-order valence-corrected chi connectivity index (χ2v) is 8.42. The van der Waals surface area contributed by atoms with Crippen molar-refractivity contribution in [3.8, 4) is 0 Å². The summed E-state index contributed by atoms with van der Waals surface area (Å²) in [7, 11) is 1.75. The number of ether oxygens (including phenoxy) is 1. The highest BCUT2D eigenvalue weighted by Gasteiger charge is 2.27. The van der Waals surface area contributed by atoms with Crippen molar-refractivity contribution in [1.82, 2.24) is 0 Å². The van der Waals surface area contributed by atoms with Gasteiger partial charge in [0.25, 0.3) is 5.91 Å². The summed E-state index contributed by atoms with van der Waals surface area (Å²) < 4.78 is 4.92. The van der Waals surface area contributed by atoms with E-state index in [1.54, 1.807) is 25.8 Å². The molecule has 0 fully saturated rings. The average Bonchev–Trinajstić information content (AvgIpc) is 2.92. The van der Waals surface area contributed by atoms with Gasteiger partial charge < -0.3 is 15.0 Å². The molecule has 7 nitrogen and oxygen atoms in total. The highest BCUT2D eigenvalue weighted by molar-refractivity contribution is 6.20. The van der Waals surface area contributed by atoms with Crippen LogP contribution in [0.2, 0.25) is 0 Å². The largest absolute Gasteiger partial charge is 0.466 e. The van der Waals surface area contributed by atoms with Crippen LogP contribution in [0.3, 0.4) is 0 Å². The van der Waals surface area contributed by atoms with Crippen molar-refractivity contribution in [2.24, 2.45) is 4.99 Å². The van der Waals surface area contributed by atoms with Gasteiger partial charge in [-0.1, -0.05) is 43.2 Å². The van der Waals surface area contributed by atoms with E-state index in [1.165, 1.54) is 0 Å². The molecule has 7 heteroatoms. The Bertz CT molecular complexity index is 1050. The number of unbranched alkanes of at least 4 members (excludes halogenated alkanes) is 3. The fourth-order valence-corrected chi connectivity index (χ4v) is 4.00. The second-order valence-electron chi connectivity index (χ2n) is 8.42. The number of anilines is 2. The maximum atomic E-state index is 12.7. The number of hydrogen-bond donors (Lipinski definition) is 1. The number of likely N-dealkylation sites (N-methyl/N-ethyl adjacent to an activating group) is 1. The highest BCUT2D eigenvalue weighted by Crippen LogP contribution is 2.30. The van der Waals surface area contributed by atoms with Crippen LogP contribution < -0.4 is 10.2 Å². The summed E-state index contributed by atoms with van der Waals surface area (Å²) in [6.07, 6.45) is 4.14. The van der Waals surface area contributed by atoms with Crippen LogP contribution in [0.4, 0.5) is 11.4 Å². The van der Waals surface area contributed by atoms with E-state index in [4.69, 9.17) is 9.73 Å². The van der Waals surface area contributed by atoms with E-state index >= 15 is 0 Å². The molecule has 1 N–H and O–H groups in total. The maximum Gasteiger partial charge on any atom is 0.305 e. The molecule has 1 aliphatic heterocycles. The summed E-state index contributed by atoms with van der Waals surface area (Å²) in [5.41, 5.74) is 3.90. The Morgan fingerprint density at radius 3 is 2.44 bits per heavy atom. The van der Waals surface area contributed by atoms with Crippen LogP contribution in [-0.4, -0.2) is 43.2 Å². The summed E-state index contributed by atoms with van der Waals surface area (Å²) in [5.74, 6) is -0.300. The Balaban J connectivity index is 1.65. The predicted molar refractivity (Wildman–Crippen MR) is 134 cm³/mol. The molecule has 0 aromatic heterocycles. The smallest absolute Gasteiger partial charge is 0.305 e. The van der Waals surface area contributed by atoms with Gasteiger partial charge in [-0.3, -0.25) is 19.4 Å². The molecule has 1 atom stereocenters. The fraction of sp³-hybridized carbons (Fsp3) is 0.407. The average molecular weight is 464 g/mol. The lowest BCUT2D eigenvalue weighted by Crippen LogP contribution is -2.33. The number of benzodiazepines with no additional fused rings is 1. The topological polar surface area (TPSA) is 88.1 Å². The first-order valence-electron chi connectivity index (χ1n) is 11.9. The standard InChI is InChI=1S/C27H33N3O4/c1-4-34-25(32)15-11-6-5-10-14-24(31)29-21-16-17-23-22(18-21)26(20-12-8-7-9-13-20)28-19(2)27(33)30(23)3/h7-9,12-13,16-19H,4-6,10-11,14-15H2,1-3H3,(H,29,31)/t19-/m0/s1. The normalized spacial score (nSPS) is 15.3. The fourth-order valence-electron chi connectivity index (χ4n) is 4.00. The number of aliphatic imine (C=N–C) groups is 1. The molecule has 1 aliphatic rings. The van der Waals surface area contributed by atoms with Crippen molar-refractivity contribution in [2.45, 2.75) is 58.4 Å². The molecule has 2 aromatic carbocycles. The third-order valence-corrected chi connectivity index (χ3v) is 5.79. The molecule has 0 unspecified atom stereocenters. The SMILES string of the molecule is CCOC(=O)CCCCCCC(=O)Nc1ccc2c(c1)C(c1ccccc1)=N[C@@H](C)C(=O)N2C. The van der Waals surface area contributed by atoms with Gasteiger partial charge in [0.15, 0.2) is 0 Å². The van der Waals surface area contributed by atoms with Gasteiger partial charge in [0.05, 0.1) is 18.0 Å². The van der Waals surface area contributed by atoms with Crippen LogP contribution in [0.25, 0.3) is 0 Å². The molecule has 0 saturated heterocycles. The second kappa shape index (κ2) is 12.1. The van der Waals surface area contributed by atoms with Crippen LogP contribution >= 0.6 is 0 Å². The van der Waals surface area contributed by atoms with Crippen molar-refractivity contribution in [1.29, 1.82) is 0 Å². The Labute approximate surface area is 201 Å². The lowest BCUT2D eigenvalue weighted by molar-refractivity contribution is -0.143. The molecule has 3 rings (SSSR count). The van der Waals surface area contributed by atoms with Crippen LogP contribution in [0, 0.1) is 0 Å². The molecule has 0 spiro atoms. The number of amides is 2. The van der Waals surface area contributed by atoms with E-state index in [0.29, 0.717) is 25.1 Å². The van der Waals surface area contributed by atoms with Crippen LogP contribution in [0.1, 0.15) is 63.5 Å². The number of carbonyl (C=O) groups excluding carboxylic acids is 3. The number of rotatable bonds is 10. The van der Waals surface area contributed by atoms with E-state index in [1.807, 2.05) is 48.5 Å². The van der Waals surface area contributed by atoms with Crippen LogP contribution in [0.5, 0.6) is 0 Å². The lowest BCUT2D eigenvalue weighted by Gasteiger charge is -2.20. The molecule has 34 heavy (non-hydrogen) atoms. The Morgan fingerprint density at radius 1 is 1.03 bits per heavy atom. The number of fused-ring (bicyclic) bond motifs is 1. The van der Waals surface area contributed by atoms with Crippen molar-refractivity contribution < 1.29 is 19.1 Å². The summed E-state index contributed by atoms with van der Waals surface area (Å²) in [4.78, 5) is 43.0. The van der Waals surface area contributed by atoms with E-state index in [9.17, 15) is 14.4 Å². The first-order chi connectivity index (χ1) is 16.4. The monoisotopic (exact) mass is 463 g/mol. The summed E-state index contributed by atoms with van der Waals surface area (Å²) in [5, 5.41) is 2.98. The number of hydrogen-bond acceptors (Lipinski definition) is 5. The van der Waals surface area contributed by atoms with E-state index in [-0.39, 0.29) is 17.8 Å². The molecule has 1 heterocycles. The first kappa shape index (κ1) is 25.1. The number of nitrogens with one attached hydrogen (secondary N) is 1. The molecular weight excluding hydrogens is 430 g/mol. The molecule has 180 valence electrons. The third kappa shape index (κ3) is 6.53. The van der Waals surface area contributed by atoms with Gasteiger partial charge in [-0.25, -0.2) is 0 Å². The molecule has 0 radical (unpaired) electrons. The molecular formula is C27H33N3O4. The quantitative estimate of drug-likeness (QED) is 0.408. The minimum atomic E-state index is -0.505. The lowest BCUT2D eigenvalue weighted by atomic mass is 9.99. The van der Waals surface area contributed by atoms with Crippen molar-refractivity contribution in [3.63, 3.8) is 0 Å². The zero-order valence-electron chi connectivity index (χ0n) is 20.2. The Morgan fingerprint density at radius 2 is 1.74 bits per heavy atom. The van der Waals surface area contributed by atoms with Gasteiger partial charge in [-0.05, 0) is 44.9 Å².